The second-order valence-corrected chi connectivity index (χ2v) is 25.1. The molecule has 2 N–H and O–H groups in total. The van der Waals surface area contributed by atoms with E-state index in [1.54, 1.807) is 9.36 Å². The van der Waals surface area contributed by atoms with Crippen LogP contribution in [0.1, 0.15) is 161 Å². The molecule has 1 aliphatic carbocycles. The molecule has 4 heterocycles. The smallest absolute Gasteiger partial charge is 0.161 e. The minimum Gasteiger partial charge on any atom is -0.507 e. The molecule has 12 heteroatoms. The van der Waals surface area contributed by atoms with Gasteiger partial charge in [-0.15, -0.1) is 10.2 Å². The molecule has 0 saturated carbocycles. The summed E-state index contributed by atoms with van der Waals surface area (Å²) in [4.78, 5) is 0. The minimum atomic E-state index is -0.247. The number of fused-ring (bicyclic) bond motifs is 7. The van der Waals surface area contributed by atoms with Crippen LogP contribution in [0, 0.1) is 0 Å². The van der Waals surface area contributed by atoms with E-state index in [1.165, 1.54) is 0 Å². The van der Waals surface area contributed by atoms with E-state index in [-0.39, 0.29) is 46.4 Å². The first-order chi connectivity index (χ1) is 35.9. The van der Waals surface area contributed by atoms with Crippen molar-refractivity contribution < 1.29 is 29.2 Å². The van der Waals surface area contributed by atoms with Crippen molar-refractivity contribution in [2.45, 2.75) is 157 Å². The molecule has 0 saturated heterocycles. The fourth-order valence-electron chi connectivity index (χ4n) is 10.3. The van der Waals surface area contributed by atoms with Gasteiger partial charge >= 0.3 is 0 Å². The topological polar surface area (TPSA) is 139 Å². The maximum Gasteiger partial charge on any atom is 0.161 e. The number of ether oxygens (including phenoxy) is 4. The lowest BCUT2D eigenvalue weighted by molar-refractivity contribution is 0.247. The average Bonchev–Trinajstić information content (AvgIpc) is 4.01. The van der Waals surface area contributed by atoms with Crippen LogP contribution in [0.15, 0.2) is 97.3 Å². The van der Waals surface area contributed by atoms with Gasteiger partial charge in [-0.1, -0.05) is 166 Å². The van der Waals surface area contributed by atoms with Gasteiger partial charge in [0.1, 0.15) is 60.8 Å². The van der Waals surface area contributed by atoms with Crippen LogP contribution < -0.4 is 18.9 Å². The van der Waals surface area contributed by atoms with E-state index in [2.05, 4.69) is 164 Å². The van der Waals surface area contributed by atoms with Crippen LogP contribution in [0.25, 0.3) is 10.8 Å². The highest BCUT2D eigenvalue weighted by Crippen LogP contribution is 2.44. The number of benzene rings is 6. The van der Waals surface area contributed by atoms with Crippen molar-refractivity contribution in [1.29, 1.82) is 0 Å². The molecule has 0 amide bonds. The number of hydrogen-bond acceptors (Lipinski definition) is 10. The van der Waals surface area contributed by atoms with Crippen LogP contribution in [0.5, 0.6) is 34.5 Å². The Morgan fingerprint density at radius 2 is 0.711 bits per heavy atom. The number of rotatable bonds is 0. The Balaban J connectivity index is 1.20. The van der Waals surface area contributed by atoms with Crippen molar-refractivity contribution in [3.05, 3.63) is 175 Å². The Morgan fingerprint density at radius 1 is 0.408 bits per heavy atom. The maximum atomic E-state index is 12.8. The average molecular weight is 1020 g/mol. The third-order valence-electron chi connectivity index (χ3n) is 14.9. The first-order valence-electron chi connectivity index (χ1n) is 26.8. The Morgan fingerprint density at radius 3 is 1.01 bits per heavy atom. The fraction of sp³-hybridized carbons (Fsp3) is 0.406. The van der Waals surface area contributed by atoms with Crippen molar-refractivity contribution in [2.24, 2.45) is 0 Å². The van der Waals surface area contributed by atoms with Gasteiger partial charge < -0.3 is 29.2 Å². The molecule has 0 atom stereocenters. The zero-order valence-corrected chi connectivity index (χ0v) is 46.5. The number of aromatic nitrogens is 6. The second-order valence-electron chi connectivity index (χ2n) is 25.1. The quantitative estimate of drug-likeness (QED) is 0.151. The Hall–Kier alpha value is -7.34. The predicted molar refractivity (Wildman–Crippen MR) is 299 cm³/mol. The summed E-state index contributed by atoms with van der Waals surface area (Å²) in [6.45, 7) is 28.4. The van der Waals surface area contributed by atoms with Crippen molar-refractivity contribution in [3.63, 3.8) is 0 Å². The van der Waals surface area contributed by atoms with E-state index >= 15 is 0 Å². The summed E-state index contributed by atoms with van der Waals surface area (Å²) in [5, 5.41) is 45.9. The molecule has 14 bridgehead atoms. The number of nitrogens with zero attached hydrogens (tertiary/aromatic N) is 6. The number of hydrogen-bond donors (Lipinski definition) is 2. The molecule has 396 valence electrons. The van der Waals surface area contributed by atoms with Crippen molar-refractivity contribution in [2.75, 3.05) is 13.2 Å². The highest BCUT2D eigenvalue weighted by Gasteiger charge is 2.29. The summed E-state index contributed by atoms with van der Waals surface area (Å²) < 4.78 is 30.6. The van der Waals surface area contributed by atoms with Gasteiger partial charge in [0, 0.05) is 25.7 Å². The Bertz CT molecular complexity index is 3140. The molecule has 8 aromatic rings. The van der Waals surface area contributed by atoms with E-state index in [1.807, 2.05) is 36.7 Å². The molecule has 76 heavy (non-hydrogen) atoms. The molecule has 0 unspecified atom stereocenters. The van der Waals surface area contributed by atoms with Gasteiger partial charge in [0.2, 0.25) is 0 Å². The molecule has 0 radical (unpaired) electrons. The largest absolute Gasteiger partial charge is 0.507 e. The van der Waals surface area contributed by atoms with E-state index in [0.29, 0.717) is 86.4 Å². The second kappa shape index (κ2) is 20.0. The summed E-state index contributed by atoms with van der Waals surface area (Å²) in [7, 11) is 0. The normalized spacial score (nSPS) is 14.8. The molecule has 6 aromatic carbocycles. The highest BCUT2D eigenvalue weighted by molar-refractivity contribution is 5.86. The number of phenolic OH excluding ortho intramolecular Hbond substituents is 2. The van der Waals surface area contributed by atoms with Crippen LogP contribution in [0.3, 0.4) is 0 Å². The summed E-state index contributed by atoms with van der Waals surface area (Å²) in [6, 6.07) is 29.8. The third kappa shape index (κ3) is 11.3. The van der Waals surface area contributed by atoms with E-state index < -0.39 is 0 Å². The summed E-state index contributed by atoms with van der Waals surface area (Å²) in [6.07, 6.45) is 5.32. The predicted octanol–water partition coefficient (Wildman–Crippen LogP) is 12.9. The highest BCUT2D eigenvalue weighted by atomic mass is 16.5. The molecule has 0 spiro atoms. The Kier molecular flexibility index (Phi) is 13.7. The lowest BCUT2D eigenvalue weighted by Crippen LogP contribution is -2.16. The molecular formula is C64H74N6O6. The monoisotopic (exact) mass is 1020 g/mol. The lowest BCUT2D eigenvalue weighted by atomic mass is 9.79. The zero-order valence-electron chi connectivity index (χ0n) is 46.5. The van der Waals surface area contributed by atoms with Crippen LogP contribution in [0.2, 0.25) is 0 Å². The maximum absolute atomic E-state index is 12.8. The summed E-state index contributed by atoms with van der Waals surface area (Å²) in [5.41, 5.74) is 11.7. The van der Waals surface area contributed by atoms with Crippen LogP contribution >= 0.6 is 0 Å². The van der Waals surface area contributed by atoms with Gasteiger partial charge in [0.05, 0.1) is 25.5 Å². The summed E-state index contributed by atoms with van der Waals surface area (Å²) >= 11 is 0. The zero-order chi connectivity index (χ0) is 53.9. The standard InChI is InChI=1S/C64H74N6O6/c1-61(2,3)49-25-41-21-45-29-51(63(7,8)9)31-47-23-43-27-50(62(4,5)6)28-44(58(43)72)24-48-32-52(64(10,11)12)30-46(22-42(26-49)57(41)71)60(48)76-38-54-36-70(68-66-54)18-20-74-56-34-40-16-14-13-15-39(40)33-55(56)73-19-17-69-35-53(65-67-69)37-75-59(45)47/h13-16,25-36,71-72H,17-24,37-38H2,1-12H3. The molecular weight excluding hydrogens is 949 g/mol. The number of phenols is 2. The van der Waals surface area contributed by atoms with Crippen molar-refractivity contribution >= 4 is 10.8 Å². The first-order valence-corrected chi connectivity index (χ1v) is 26.8. The molecule has 11 rings (SSSR count). The van der Waals surface area contributed by atoms with Crippen molar-refractivity contribution in [3.8, 4) is 34.5 Å². The molecule has 2 aromatic heterocycles. The van der Waals surface area contributed by atoms with E-state index in [9.17, 15) is 10.2 Å². The first kappa shape index (κ1) is 52.1. The van der Waals surface area contributed by atoms with Gasteiger partial charge in [-0.25, -0.2) is 9.36 Å². The lowest BCUT2D eigenvalue weighted by Gasteiger charge is -2.28. The van der Waals surface area contributed by atoms with Gasteiger partial charge in [0.25, 0.3) is 0 Å². The van der Waals surface area contributed by atoms with Crippen LogP contribution in [0.4, 0.5) is 0 Å². The summed E-state index contributed by atoms with van der Waals surface area (Å²) in [5.74, 6) is 3.12. The van der Waals surface area contributed by atoms with E-state index in [0.717, 1.165) is 77.5 Å². The fourth-order valence-corrected chi connectivity index (χ4v) is 10.3. The van der Waals surface area contributed by atoms with Crippen molar-refractivity contribution in [1.82, 2.24) is 30.0 Å². The minimum absolute atomic E-state index is 0.137. The Labute approximate surface area is 448 Å². The third-order valence-corrected chi connectivity index (χ3v) is 14.9. The molecule has 3 aliphatic rings. The van der Waals surface area contributed by atoms with E-state index in [4.69, 9.17) is 18.9 Å². The molecule has 2 aliphatic heterocycles. The molecule has 12 nitrogen and oxygen atoms in total. The van der Waals surface area contributed by atoms with Gasteiger partial charge in [-0.3, -0.25) is 0 Å². The van der Waals surface area contributed by atoms with Gasteiger partial charge in [-0.2, -0.15) is 0 Å². The van der Waals surface area contributed by atoms with Gasteiger partial charge in [-0.05, 0) is 111 Å². The van der Waals surface area contributed by atoms with Gasteiger partial charge in [0.15, 0.2) is 11.5 Å². The van der Waals surface area contributed by atoms with Crippen LogP contribution in [-0.4, -0.2) is 53.4 Å². The number of aromatic hydroxyl groups is 2. The molecule has 0 fully saturated rings. The van der Waals surface area contributed by atoms with Crippen LogP contribution in [-0.2, 0) is 73.6 Å². The SMILES string of the molecule is CC(C)(C)c1cc2c(O)c(c1)Cc1cc(C(C)(C)C)cc3c1OCc1cn(nn1)CCOc1cc4ccccc4cc1OCCn1cc(nn1)COc1c(cc(C(C)(C)C)cc1Cc1cc(C(C)(C)C)cc(c1O)C3)C2.